The third-order valence-electron chi connectivity index (χ3n) is 4.78. The molecule has 0 bridgehead atoms. The summed E-state index contributed by atoms with van der Waals surface area (Å²) in [6, 6.07) is 7.18. The lowest BCUT2D eigenvalue weighted by Gasteiger charge is -2.22. The number of nitrogens with zero attached hydrogens (tertiary/aromatic N) is 2. The summed E-state index contributed by atoms with van der Waals surface area (Å²) in [6.07, 6.45) is 3.04. The molecule has 0 radical (unpaired) electrons. The van der Waals surface area contributed by atoms with Gasteiger partial charge in [0.2, 0.25) is 5.91 Å². The van der Waals surface area contributed by atoms with E-state index in [-0.39, 0.29) is 17.4 Å². The van der Waals surface area contributed by atoms with Gasteiger partial charge < -0.3 is 15.5 Å². The van der Waals surface area contributed by atoms with E-state index >= 15 is 0 Å². The van der Waals surface area contributed by atoms with E-state index in [4.69, 9.17) is 11.6 Å². The zero-order chi connectivity index (χ0) is 17.4. The molecule has 3 amide bonds. The van der Waals surface area contributed by atoms with Gasteiger partial charge in [0.05, 0.1) is 14.9 Å². The molecule has 6 nitrogen and oxygen atoms in total. The first-order chi connectivity index (χ1) is 12.0. The molecule has 8 heteroatoms. The van der Waals surface area contributed by atoms with Crippen LogP contribution >= 0.6 is 22.9 Å². The zero-order valence-corrected chi connectivity index (χ0v) is 15.0. The molecule has 2 fully saturated rings. The quantitative estimate of drug-likeness (QED) is 0.845. The highest BCUT2D eigenvalue weighted by atomic mass is 35.5. The Hall–Kier alpha value is -2.12. The van der Waals surface area contributed by atoms with Gasteiger partial charge in [0.25, 0.3) is 0 Å². The number of anilines is 1. The van der Waals surface area contributed by atoms with Crippen molar-refractivity contribution in [3.8, 4) is 10.6 Å². The number of likely N-dealkylation sites (tertiary alicyclic amines) is 1. The minimum absolute atomic E-state index is 0.0753. The first-order valence-electron chi connectivity index (χ1n) is 8.08. The third kappa shape index (κ3) is 3.21. The molecule has 1 unspecified atom stereocenters. The number of pyridine rings is 1. The molecule has 0 aliphatic carbocycles. The zero-order valence-electron chi connectivity index (χ0n) is 13.4. The number of carbonyl (C=O) groups is 2. The molecule has 4 rings (SSSR count). The number of hydrogen-bond donors (Lipinski definition) is 2. The average Bonchev–Trinajstić information content (AvgIpc) is 3.30. The van der Waals surface area contributed by atoms with E-state index in [1.165, 1.54) is 11.3 Å². The summed E-state index contributed by atoms with van der Waals surface area (Å²) in [5.41, 5.74) is 1.26. The Morgan fingerprint density at radius 3 is 3.00 bits per heavy atom. The average molecular weight is 377 g/mol. The van der Waals surface area contributed by atoms with E-state index in [9.17, 15) is 9.59 Å². The van der Waals surface area contributed by atoms with Gasteiger partial charge in [-0.25, -0.2) is 4.79 Å². The molecule has 1 atom stereocenters. The van der Waals surface area contributed by atoms with Crippen molar-refractivity contribution >= 4 is 40.6 Å². The van der Waals surface area contributed by atoms with Crippen LogP contribution in [0, 0.1) is 5.41 Å². The largest absolute Gasteiger partial charge is 0.355 e. The van der Waals surface area contributed by atoms with E-state index in [1.54, 1.807) is 17.2 Å². The fraction of sp³-hybridized carbons (Fsp3) is 0.353. The minimum Gasteiger partial charge on any atom is -0.355 e. The standard InChI is InChI=1S/C17H17ClN4O2S/c18-13-4-3-12(25-13)15-11(2-1-6-19-15)21-16(24)22-7-5-17(10-22)8-14(23)20-9-17/h1-4,6H,5,7-10H2,(H,20,23)(H,21,24). The van der Waals surface area contributed by atoms with Gasteiger partial charge in [0.1, 0.15) is 5.69 Å². The van der Waals surface area contributed by atoms with Crippen LogP contribution in [0.15, 0.2) is 30.5 Å². The van der Waals surface area contributed by atoms with E-state index in [2.05, 4.69) is 15.6 Å². The van der Waals surface area contributed by atoms with Crippen LogP contribution < -0.4 is 10.6 Å². The first-order valence-corrected chi connectivity index (χ1v) is 9.28. The van der Waals surface area contributed by atoms with Gasteiger partial charge in [-0.3, -0.25) is 9.78 Å². The summed E-state index contributed by atoms with van der Waals surface area (Å²) in [5.74, 6) is 0.0753. The summed E-state index contributed by atoms with van der Waals surface area (Å²) in [7, 11) is 0. The summed E-state index contributed by atoms with van der Waals surface area (Å²) in [4.78, 5) is 31.3. The van der Waals surface area contributed by atoms with Crippen LogP contribution in [0.1, 0.15) is 12.8 Å². The number of halogens is 1. The molecule has 2 aromatic rings. The van der Waals surface area contributed by atoms with Gasteiger partial charge in [0, 0.05) is 37.7 Å². The first kappa shape index (κ1) is 16.4. The lowest BCUT2D eigenvalue weighted by molar-refractivity contribution is -0.119. The highest BCUT2D eigenvalue weighted by Crippen LogP contribution is 2.37. The van der Waals surface area contributed by atoms with Crippen LogP contribution in [-0.4, -0.2) is 41.5 Å². The predicted octanol–water partition coefficient (Wildman–Crippen LogP) is 3.21. The SMILES string of the molecule is O=C1CC2(CCN(C(=O)Nc3cccnc3-c3ccc(Cl)s3)C2)CN1. The maximum Gasteiger partial charge on any atom is 0.321 e. The van der Waals surface area contributed by atoms with E-state index < -0.39 is 0 Å². The summed E-state index contributed by atoms with van der Waals surface area (Å²) < 4.78 is 0.679. The Morgan fingerprint density at radius 2 is 2.28 bits per heavy atom. The molecule has 2 aliphatic heterocycles. The van der Waals surface area contributed by atoms with Gasteiger partial charge in [0.15, 0.2) is 0 Å². The normalized spacial score (nSPS) is 22.4. The van der Waals surface area contributed by atoms with Crippen LogP contribution in [-0.2, 0) is 4.79 Å². The molecule has 2 aromatic heterocycles. The Balaban J connectivity index is 1.50. The Kier molecular flexibility index (Phi) is 4.13. The van der Waals surface area contributed by atoms with Crippen LogP contribution in [0.5, 0.6) is 0 Å². The lowest BCUT2D eigenvalue weighted by Crippen LogP contribution is -2.36. The number of aromatic nitrogens is 1. The smallest absolute Gasteiger partial charge is 0.321 e. The molecule has 2 saturated heterocycles. The van der Waals surface area contributed by atoms with E-state index in [0.717, 1.165) is 11.3 Å². The monoisotopic (exact) mass is 376 g/mol. The Bertz CT molecular complexity index is 840. The number of rotatable bonds is 2. The number of thiophene rings is 1. The summed E-state index contributed by atoms with van der Waals surface area (Å²) in [6.45, 7) is 1.90. The van der Waals surface area contributed by atoms with Crippen molar-refractivity contribution < 1.29 is 9.59 Å². The maximum absolute atomic E-state index is 12.7. The molecule has 130 valence electrons. The molecule has 2 aliphatic rings. The van der Waals surface area contributed by atoms with Crippen molar-refractivity contribution in [2.45, 2.75) is 12.8 Å². The van der Waals surface area contributed by atoms with E-state index in [0.29, 0.717) is 41.8 Å². The number of urea groups is 1. The highest BCUT2D eigenvalue weighted by molar-refractivity contribution is 7.19. The number of nitrogens with one attached hydrogen (secondary N) is 2. The van der Waals surface area contributed by atoms with Gasteiger partial charge in [-0.1, -0.05) is 11.6 Å². The van der Waals surface area contributed by atoms with E-state index in [1.807, 2.05) is 18.2 Å². The maximum atomic E-state index is 12.7. The molecular weight excluding hydrogens is 360 g/mol. The summed E-state index contributed by atoms with van der Waals surface area (Å²) >= 11 is 7.44. The van der Waals surface area contributed by atoms with Crippen LogP contribution in [0.2, 0.25) is 4.34 Å². The fourth-order valence-electron chi connectivity index (χ4n) is 3.49. The van der Waals surface area contributed by atoms with Crippen molar-refractivity contribution in [2.24, 2.45) is 5.41 Å². The lowest BCUT2D eigenvalue weighted by atomic mass is 9.86. The predicted molar refractivity (Wildman–Crippen MR) is 97.8 cm³/mol. The number of hydrogen-bond acceptors (Lipinski definition) is 4. The van der Waals surface area contributed by atoms with Crippen molar-refractivity contribution in [3.05, 3.63) is 34.8 Å². The highest BCUT2D eigenvalue weighted by Gasteiger charge is 2.45. The number of amides is 3. The van der Waals surface area contributed by atoms with Crippen LogP contribution in [0.25, 0.3) is 10.6 Å². The van der Waals surface area contributed by atoms with Crippen molar-refractivity contribution in [2.75, 3.05) is 25.0 Å². The van der Waals surface area contributed by atoms with Gasteiger partial charge >= 0.3 is 6.03 Å². The van der Waals surface area contributed by atoms with Gasteiger partial charge in [-0.05, 0) is 30.7 Å². The molecule has 25 heavy (non-hydrogen) atoms. The van der Waals surface area contributed by atoms with Crippen molar-refractivity contribution in [3.63, 3.8) is 0 Å². The van der Waals surface area contributed by atoms with Crippen molar-refractivity contribution in [1.82, 2.24) is 15.2 Å². The Morgan fingerprint density at radius 1 is 1.40 bits per heavy atom. The second-order valence-corrected chi connectivity index (χ2v) is 8.27. The van der Waals surface area contributed by atoms with Crippen LogP contribution in [0.3, 0.4) is 0 Å². The fourth-order valence-corrected chi connectivity index (χ4v) is 4.54. The minimum atomic E-state index is -0.159. The topological polar surface area (TPSA) is 74.3 Å². The molecule has 4 heterocycles. The molecule has 2 N–H and O–H groups in total. The second kappa shape index (κ2) is 6.31. The molecule has 1 spiro atoms. The second-order valence-electron chi connectivity index (χ2n) is 6.56. The van der Waals surface area contributed by atoms with Crippen LogP contribution in [0.4, 0.5) is 10.5 Å². The third-order valence-corrected chi connectivity index (χ3v) is 6.02. The van der Waals surface area contributed by atoms with Gasteiger partial charge in [-0.2, -0.15) is 0 Å². The molecule has 0 saturated carbocycles. The van der Waals surface area contributed by atoms with Gasteiger partial charge in [-0.15, -0.1) is 11.3 Å². The number of carbonyl (C=O) groups excluding carboxylic acids is 2. The Labute approximate surface area is 154 Å². The summed E-state index contributed by atoms with van der Waals surface area (Å²) in [5, 5.41) is 5.84. The molecule has 0 aromatic carbocycles. The van der Waals surface area contributed by atoms with Crippen molar-refractivity contribution in [1.29, 1.82) is 0 Å². The molecular formula is C17H17ClN4O2S.